The van der Waals surface area contributed by atoms with Crippen LogP contribution in [-0.4, -0.2) is 10.2 Å². The summed E-state index contributed by atoms with van der Waals surface area (Å²) < 4.78 is 0. The highest BCUT2D eigenvalue weighted by molar-refractivity contribution is 6.15. The van der Waals surface area contributed by atoms with Gasteiger partial charge in [0.05, 0.1) is 0 Å². The van der Waals surface area contributed by atoms with Crippen LogP contribution in [0.3, 0.4) is 0 Å². The van der Waals surface area contributed by atoms with Gasteiger partial charge in [0.15, 0.2) is 0 Å². The Labute approximate surface area is 66.8 Å². The molecule has 0 aromatic carbocycles. The zero-order chi connectivity index (χ0) is 7.03. The Morgan fingerprint density at radius 3 is 2.40 bits per heavy atom. The molecule has 0 heterocycles. The van der Waals surface area contributed by atoms with Gasteiger partial charge in [0.2, 0.25) is 0 Å². The SMILES string of the molecule is [Si]C12CCCC(CC1)CC2. The van der Waals surface area contributed by atoms with E-state index in [1.165, 1.54) is 44.9 Å². The molecule has 0 aromatic rings. The minimum Gasteiger partial charge on any atom is -0.0528 e. The Kier molecular flexibility index (Phi) is 1.63. The summed E-state index contributed by atoms with van der Waals surface area (Å²) in [7, 11) is 3.93. The second-order valence-electron chi connectivity index (χ2n) is 4.12. The van der Waals surface area contributed by atoms with Gasteiger partial charge in [-0.05, 0) is 11.0 Å². The first-order chi connectivity index (χ1) is 4.79. The maximum Gasteiger partial charge on any atom is 0.0313 e. The molecule has 0 amide bonds. The minimum absolute atomic E-state index is 0.576. The molecule has 3 aliphatic carbocycles. The molecule has 2 bridgehead atoms. The van der Waals surface area contributed by atoms with Crippen molar-refractivity contribution in [3.05, 3.63) is 0 Å². The molecule has 0 atom stereocenters. The van der Waals surface area contributed by atoms with Gasteiger partial charge >= 0.3 is 0 Å². The topological polar surface area (TPSA) is 0 Å². The van der Waals surface area contributed by atoms with Crippen LogP contribution in [0.2, 0.25) is 5.04 Å². The fourth-order valence-electron chi connectivity index (χ4n) is 2.50. The van der Waals surface area contributed by atoms with Crippen LogP contribution >= 0.6 is 0 Å². The van der Waals surface area contributed by atoms with Crippen molar-refractivity contribution in [3.63, 3.8) is 0 Å². The molecule has 0 aromatic heterocycles. The average Bonchev–Trinajstić information content (AvgIpc) is 2.19. The Balaban J connectivity index is 2.11. The lowest BCUT2D eigenvalue weighted by Crippen LogP contribution is -2.17. The smallest absolute Gasteiger partial charge is 0.0313 e. The summed E-state index contributed by atoms with van der Waals surface area (Å²) in [6.07, 6.45) is 10.3. The van der Waals surface area contributed by atoms with Gasteiger partial charge in [-0.2, -0.15) is 0 Å². The summed E-state index contributed by atoms with van der Waals surface area (Å²) in [5.41, 5.74) is 0. The lowest BCUT2D eigenvalue weighted by molar-refractivity contribution is 0.321. The van der Waals surface area contributed by atoms with Gasteiger partial charge < -0.3 is 0 Å². The maximum absolute atomic E-state index is 3.93. The van der Waals surface area contributed by atoms with Gasteiger partial charge in [0.25, 0.3) is 0 Å². The van der Waals surface area contributed by atoms with E-state index in [9.17, 15) is 0 Å². The lowest BCUT2D eigenvalue weighted by atomic mass is 9.83. The van der Waals surface area contributed by atoms with E-state index < -0.39 is 0 Å². The van der Waals surface area contributed by atoms with Gasteiger partial charge in [-0.3, -0.25) is 0 Å². The van der Waals surface area contributed by atoms with Crippen molar-refractivity contribution < 1.29 is 0 Å². The molecule has 0 unspecified atom stereocenters. The summed E-state index contributed by atoms with van der Waals surface area (Å²) in [6, 6.07) is 0. The van der Waals surface area contributed by atoms with Gasteiger partial charge in [-0.25, -0.2) is 0 Å². The number of fused-ring (bicyclic) bond motifs is 4. The van der Waals surface area contributed by atoms with Crippen LogP contribution < -0.4 is 0 Å². The van der Waals surface area contributed by atoms with E-state index in [-0.39, 0.29) is 0 Å². The molecule has 0 saturated heterocycles. The molecule has 3 radical (unpaired) electrons. The van der Waals surface area contributed by atoms with Crippen LogP contribution in [0.4, 0.5) is 0 Å². The van der Waals surface area contributed by atoms with Crippen LogP contribution in [0.1, 0.15) is 44.9 Å². The van der Waals surface area contributed by atoms with E-state index in [2.05, 4.69) is 10.2 Å². The fourth-order valence-corrected chi connectivity index (χ4v) is 2.96. The van der Waals surface area contributed by atoms with E-state index in [0.717, 1.165) is 5.92 Å². The van der Waals surface area contributed by atoms with Crippen molar-refractivity contribution in [2.45, 2.75) is 50.0 Å². The molecule has 0 nitrogen and oxygen atoms in total. The van der Waals surface area contributed by atoms with Crippen molar-refractivity contribution in [1.29, 1.82) is 0 Å². The van der Waals surface area contributed by atoms with Crippen LogP contribution in [-0.2, 0) is 0 Å². The zero-order valence-electron chi connectivity index (χ0n) is 6.53. The standard InChI is InChI=1S/C9H15Si/c10-9-5-1-2-8(3-6-9)4-7-9/h8H,1-7H2. The van der Waals surface area contributed by atoms with Crippen molar-refractivity contribution in [2.24, 2.45) is 5.92 Å². The Morgan fingerprint density at radius 2 is 1.70 bits per heavy atom. The quantitative estimate of drug-likeness (QED) is 0.467. The Hall–Kier alpha value is 0.217. The van der Waals surface area contributed by atoms with Crippen molar-refractivity contribution in [2.75, 3.05) is 0 Å². The van der Waals surface area contributed by atoms with Crippen molar-refractivity contribution >= 4 is 10.2 Å². The van der Waals surface area contributed by atoms with Crippen molar-refractivity contribution in [1.82, 2.24) is 0 Å². The largest absolute Gasteiger partial charge is 0.0528 e. The third kappa shape index (κ3) is 1.16. The molecule has 3 aliphatic rings. The maximum atomic E-state index is 3.93. The Morgan fingerprint density at radius 1 is 1.00 bits per heavy atom. The minimum atomic E-state index is 0.576. The van der Waals surface area contributed by atoms with Crippen LogP contribution in [0.15, 0.2) is 0 Å². The molecular formula is C9H15Si. The van der Waals surface area contributed by atoms with E-state index in [1.807, 2.05) is 0 Å². The van der Waals surface area contributed by atoms with Gasteiger partial charge in [-0.15, -0.1) is 0 Å². The second-order valence-corrected chi connectivity index (χ2v) is 5.18. The molecule has 55 valence electrons. The predicted molar refractivity (Wildman–Crippen MR) is 44.3 cm³/mol. The molecule has 0 spiro atoms. The highest BCUT2D eigenvalue weighted by Crippen LogP contribution is 2.50. The molecule has 3 rings (SSSR count). The van der Waals surface area contributed by atoms with Crippen LogP contribution in [0.25, 0.3) is 0 Å². The van der Waals surface area contributed by atoms with E-state index >= 15 is 0 Å². The lowest BCUT2D eigenvalue weighted by Gasteiger charge is -2.32. The normalized spacial score (nSPS) is 47.1. The molecule has 10 heavy (non-hydrogen) atoms. The summed E-state index contributed by atoms with van der Waals surface area (Å²) in [5.74, 6) is 1.09. The predicted octanol–water partition coefficient (Wildman–Crippen LogP) is 2.69. The van der Waals surface area contributed by atoms with Gasteiger partial charge in [-0.1, -0.05) is 44.9 Å². The fraction of sp³-hybridized carbons (Fsp3) is 1.00. The molecule has 3 saturated carbocycles. The number of hydrogen-bond acceptors (Lipinski definition) is 0. The highest BCUT2D eigenvalue weighted by Gasteiger charge is 2.33. The molecular weight excluding hydrogens is 136 g/mol. The monoisotopic (exact) mass is 151 g/mol. The third-order valence-corrected chi connectivity index (χ3v) is 4.08. The molecule has 0 aliphatic heterocycles. The summed E-state index contributed by atoms with van der Waals surface area (Å²) >= 11 is 0. The van der Waals surface area contributed by atoms with Crippen molar-refractivity contribution in [3.8, 4) is 0 Å². The van der Waals surface area contributed by atoms with E-state index in [4.69, 9.17) is 0 Å². The first kappa shape index (κ1) is 6.90. The summed E-state index contributed by atoms with van der Waals surface area (Å²) in [4.78, 5) is 0. The second kappa shape index (κ2) is 2.37. The first-order valence-corrected chi connectivity index (χ1v) is 5.04. The average molecular weight is 151 g/mol. The van der Waals surface area contributed by atoms with Crippen LogP contribution in [0.5, 0.6) is 0 Å². The van der Waals surface area contributed by atoms with Gasteiger partial charge in [0, 0.05) is 10.2 Å². The highest BCUT2D eigenvalue weighted by atomic mass is 28.1. The molecule has 0 N–H and O–H groups in total. The molecule has 1 heteroatoms. The Bertz CT molecular complexity index is 117. The summed E-state index contributed by atoms with van der Waals surface area (Å²) in [6.45, 7) is 0. The van der Waals surface area contributed by atoms with E-state index in [0.29, 0.717) is 5.04 Å². The van der Waals surface area contributed by atoms with Crippen LogP contribution in [0, 0.1) is 5.92 Å². The van der Waals surface area contributed by atoms with E-state index in [1.54, 1.807) is 0 Å². The zero-order valence-corrected chi connectivity index (χ0v) is 7.53. The molecule has 3 fully saturated rings. The first-order valence-electron chi connectivity index (χ1n) is 4.54. The summed E-state index contributed by atoms with van der Waals surface area (Å²) in [5, 5.41) is 0.576. The number of hydrogen-bond donors (Lipinski definition) is 0. The van der Waals surface area contributed by atoms with Gasteiger partial charge in [0.1, 0.15) is 0 Å². The third-order valence-electron chi connectivity index (χ3n) is 3.33. The number of rotatable bonds is 0.